The van der Waals surface area contributed by atoms with Crippen LogP contribution in [0, 0.1) is 0 Å². The maximum atomic E-state index is 5.86. The third-order valence-corrected chi connectivity index (χ3v) is 4.32. The molecule has 138 valence electrons. The van der Waals surface area contributed by atoms with E-state index in [2.05, 4.69) is 15.0 Å². The first-order valence-electron chi connectivity index (χ1n) is 8.86. The molecule has 0 saturated heterocycles. The lowest BCUT2D eigenvalue weighted by atomic mass is 10.0. The number of ether oxygens (including phenoxy) is 1. The second-order valence-electron chi connectivity index (χ2n) is 6.18. The molecule has 3 heterocycles. The molecule has 0 aliphatic carbocycles. The molecule has 0 aliphatic heterocycles. The quantitative estimate of drug-likeness (QED) is 0.577. The van der Waals surface area contributed by atoms with Crippen molar-refractivity contribution in [1.29, 1.82) is 0 Å². The predicted molar refractivity (Wildman–Crippen MR) is 108 cm³/mol. The lowest BCUT2D eigenvalue weighted by Gasteiger charge is -2.09. The van der Waals surface area contributed by atoms with Crippen LogP contribution in [-0.2, 0) is 6.54 Å². The normalized spacial score (nSPS) is 10.6. The second kappa shape index (κ2) is 7.94. The van der Waals surface area contributed by atoms with Gasteiger partial charge in [0.05, 0.1) is 18.5 Å². The molecule has 4 rings (SSSR count). The van der Waals surface area contributed by atoms with Crippen molar-refractivity contribution in [2.24, 2.45) is 5.73 Å². The van der Waals surface area contributed by atoms with E-state index in [4.69, 9.17) is 15.5 Å². The molecule has 1 aromatic carbocycles. The maximum absolute atomic E-state index is 5.86. The van der Waals surface area contributed by atoms with Crippen LogP contribution in [-0.4, -0.2) is 27.0 Å². The Morgan fingerprint density at radius 2 is 1.75 bits per heavy atom. The van der Waals surface area contributed by atoms with E-state index in [1.165, 1.54) is 0 Å². The minimum Gasteiger partial charge on any atom is -0.497 e. The van der Waals surface area contributed by atoms with Crippen molar-refractivity contribution in [1.82, 2.24) is 19.9 Å². The van der Waals surface area contributed by atoms with Gasteiger partial charge in [0.15, 0.2) is 5.82 Å². The number of methoxy groups -OCH3 is 1. The van der Waals surface area contributed by atoms with E-state index >= 15 is 0 Å². The number of nitrogens with zero attached hydrogens (tertiary/aromatic N) is 4. The number of pyridine rings is 2. The Morgan fingerprint density at radius 1 is 0.857 bits per heavy atom. The molecule has 4 aromatic rings. The maximum Gasteiger partial charge on any atom is 0.178 e. The molecule has 0 amide bonds. The fraction of sp³-hybridized carbons (Fsp3) is 0.0909. The van der Waals surface area contributed by atoms with E-state index in [1.807, 2.05) is 60.8 Å². The summed E-state index contributed by atoms with van der Waals surface area (Å²) in [6.45, 7) is 0.318. The summed E-state index contributed by atoms with van der Waals surface area (Å²) in [6, 6.07) is 17.5. The average molecular weight is 369 g/mol. The number of rotatable bonds is 5. The SMILES string of the molecule is COc1cccc(-c2cncc(-c3cc(CN)nc(-c4ccccn4)n3)c2)c1. The summed E-state index contributed by atoms with van der Waals surface area (Å²) in [6.07, 6.45) is 5.33. The van der Waals surface area contributed by atoms with Gasteiger partial charge < -0.3 is 10.5 Å². The highest BCUT2D eigenvalue weighted by atomic mass is 16.5. The first kappa shape index (κ1) is 17.8. The molecule has 6 heteroatoms. The van der Waals surface area contributed by atoms with Crippen LogP contribution in [0.3, 0.4) is 0 Å². The van der Waals surface area contributed by atoms with Crippen molar-refractivity contribution in [3.8, 4) is 39.7 Å². The van der Waals surface area contributed by atoms with Crippen LogP contribution in [0.5, 0.6) is 5.75 Å². The zero-order valence-corrected chi connectivity index (χ0v) is 15.4. The summed E-state index contributed by atoms with van der Waals surface area (Å²) in [5.74, 6) is 1.35. The predicted octanol–water partition coefficient (Wildman–Crippen LogP) is 3.73. The lowest BCUT2D eigenvalue weighted by molar-refractivity contribution is 0.415. The van der Waals surface area contributed by atoms with Crippen LogP contribution in [0.4, 0.5) is 0 Å². The van der Waals surface area contributed by atoms with Gasteiger partial charge in [-0.05, 0) is 42.0 Å². The van der Waals surface area contributed by atoms with E-state index in [9.17, 15) is 0 Å². The first-order valence-corrected chi connectivity index (χ1v) is 8.86. The van der Waals surface area contributed by atoms with Gasteiger partial charge in [0.1, 0.15) is 11.4 Å². The van der Waals surface area contributed by atoms with E-state index in [0.29, 0.717) is 18.1 Å². The van der Waals surface area contributed by atoms with Gasteiger partial charge in [-0.2, -0.15) is 0 Å². The van der Waals surface area contributed by atoms with Gasteiger partial charge in [0, 0.05) is 36.3 Å². The Morgan fingerprint density at radius 3 is 2.54 bits per heavy atom. The fourth-order valence-corrected chi connectivity index (χ4v) is 2.90. The third-order valence-electron chi connectivity index (χ3n) is 4.32. The molecule has 28 heavy (non-hydrogen) atoms. The number of hydrogen-bond donors (Lipinski definition) is 1. The summed E-state index contributed by atoms with van der Waals surface area (Å²) in [5.41, 5.74) is 10.9. The number of hydrogen-bond acceptors (Lipinski definition) is 6. The van der Waals surface area contributed by atoms with Gasteiger partial charge >= 0.3 is 0 Å². The van der Waals surface area contributed by atoms with Crippen LogP contribution in [0.25, 0.3) is 33.9 Å². The average Bonchev–Trinajstić information content (AvgIpc) is 2.79. The molecule has 3 aromatic heterocycles. The van der Waals surface area contributed by atoms with Crippen molar-refractivity contribution in [2.45, 2.75) is 6.54 Å². The highest BCUT2D eigenvalue weighted by molar-refractivity contribution is 5.71. The van der Waals surface area contributed by atoms with Gasteiger partial charge in [-0.3, -0.25) is 9.97 Å². The molecule has 0 spiro atoms. The number of aromatic nitrogens is 4. The number of nitrogens with two attached hydrogens (primary N) is 1. The molecule has 0 fully saturated rings. The molecular formula is C22H19N5O. The lowest BCUT2D eigenvalue weighted by Crippen LogP contribution is -2.04. The number of benzene rings is 1. The highest BCUT2D eigenvalue weighted by Gasteiger charge is 2.10. The molecule has 0 unspecified atom stereocenters. The molecule has 0 atom stereocenters. The van der Waals surface area contributed by atoms with Crippen LogP contribution in [0.1, 0.15) is 5.69 Å². The van der Waals surface area contributed by atoms with Gasteiger partial charge in [0.2, 0.25) is 0 Å². The zero-order chi connectivity index (χ0) is 19.3. The van der Waals surface area contributed by atoms with Crippen molar-refractivity contribution >= 4 is 0 Å². The minimum absolute atomic E-state index is 0.318. The molecule has 0 saturated carbocycles. The van der Waals surface area contributed by atoms with Crippen LogP contribution < -0.4 is 10.5 Å². The van der Waals surface area contributed by atoms with E-state index in [0.717, 1.165) is 33.8 Å². The summed E-state index contributed by atoms with van der Waals surface area (Å²) < 4.78 is 5.32. The standard InChI is InChI=1S/C22H19N5O/c1-28-19-6-4-5-15(10-19)16-9-17(14-24-13-16)21-11-18(12-23)26-22(27-21)20-7-2-3-8-25-20/h2-11,13-14H,12,23H2,1H3. The van der Waals surface area contributed by atoms with E-state index < -0.39 is 0 Å². The Bertz CT molecular complexity index is 1100. The van der Waals surface area contributed by atoms with Crippen LogP contribution >= 0.6 is 0 Å². The Hall–Kier alpha value is -3.64. The van der Waals surface area contributed by atoms with Crippen molar-refractivity contribution in [3.63, 3.8) is 0 Å². The van der Waals surface area contributed by atoms with Gasteiger partial charge in [-0.25, -0.2) is 9.97 Å². The molecule has 6 nitrogen and oxygen atoms in total. The van der Waals surface area contributed by atoms with Crippen molar-refractivity contribution in [3.05, 3.63) is 78.9 Å². The van der Waals surface area contributed by atoms with E-state index in [1.54, 1.807) is 19.5 Å². The van der Waals surface area contributed by atoms with Gasteiger partial charge in [-0.1, -0.05) is 18.2 Å². The fourth-order valence-electron chi connectivity index (χ4n) is 2.90. The molecule has 0 aliphatic rings. The van der Waals surface area contributed by atoms with Crippen LogP contribution in [0.2, 0.25) is 0 Å². The molecular weight excluding hydrogens is 350 g/mol. The van der Waals surface area contributed by atoms with Crippen molar-refractivity contribution < 1.29 is 4.74 Å². The monoisotopic (exact) mass is 369 g/mol. The van der Waals surface area contributed by atoms with Crippen LogP contribution in [0.15, 0.2) is 73.2 Å². The smallest absolute Gasteiger partial charge is 0.178 e. The van der Waals surface area contributed by atoms with E-state index in [-0.39, 0.29) is 0 Å². The zero-order valence-electron chi connectivity index (χ0n) is 15.4. The molecule has 0 bridgehead atoms. The third kappa shape index (κ3) is 3.72. The van der Waals surface area contributed by atoms with Gasteiger partial charge in [-0.15, -0.1) is 0 Å². The Balaban J connectivity index is 1.79. The Kier molecular flexibility index (Phi) is 5.03. The molecule has 2 N–H and O–H groups in total. The first-order chi connectivity index (χ1) is 13.8. The second-order valence-corrected chi connectivity index (χ2v) is 6.18. The largest absolute Gasteiger partial charge is 0.497 e. The summed E-state index contributed by atoms with van der Waals surface area (Å²) in [4.78, 5) is 18.0. The topological polar surface area (TPSA) is 86.8 Å². The van der Waals surface area contributed by atoms with Crippen molar-refractivity contribution in [2.75, 3.05) is 7.11 Å². The molecule has 0 radical (unpaired) electrons. The van der Waals surface area contributed by atoms with Gasteiger partial charge in [0.25, 0.3) is 0 Å². The summed E-state index contributed by atoms with van der Waals surface area (Å²) >= 11 is 0. The minimum atomic E-state index is 0.318. The summed E-state index contributed by atoms with van der Waals surface area (Å²) in [7, 11) is 1.65. The summed E-state index contributed by atoms with van der Waals surface area (Å²) in [5, 5.41) is 0. The Labute approximate surface area is 163 Å². The highest BCUT2D eigenvalue weighted by Crippen LogP contribution is 2.28.